The van der Waals surface area contributed by atoms with Crippen LogP contribution < -0.4 is 5.32 Å². The van der Waals surface area contributed by atoms with Gasteiger partial charge in [0.1, 0.15) is 0 Å². The first-order chi connectivity index (χ1) is 9.11. The minimum atomic E-state index is 0.271. The number of aryl methyl sites for hydroxylation is 2. The van der Waals surface area contributed by atoms with Gasteiger partial charge in [0.05, 0.1) is 22.4 Å². The Labute approximate surface area is 126 Å². The van der Waals surface area contributed by atoms with Crippen molar-refractivity contribution in [3.05, 3.63) is 46.2 Å². The Hall–Kier alpha value is -0.780. The van der Waals surface area contributed by atoms with E-state index < -0.39 is 0 Å². The van der Waals surface area contributed by atoms with Crippen LogP contribution in [0.3, 0.4) is 0 Å². The lowest BCUT2D eigenvalue weighted by Gasteiger charge is -2.17. The van der Waals surface area contributed by atoms with Crippen molar-refractivity contribution >= 4 is 27.7 Å². The molecular weight excluding hydrogens is 322 g/mol. The number of hydrogen-bond acceptors (Lipinski definition) is 3. The zero-order valence-corrected chi connectivity index (χ0v) is 13.8. The lowest BCUT2D eigenvalue weighted by molar-refractivity contribution is 0.583. The van der Waals surface area contributed by atoms with Gasteiger partial charge < -0.3 is 5.32 Å². The highest BCUT2D eigenvalue weighted by molar-refractivity contribution is 9.10. The lowest BCUT2D eigenvalue weighted by Crippen LogP contribution is -2.22. The van der Waals surface area contributed by atoms with E-state index in [1.165, 1.54) is 16.2 Å². The quantitative estimate of drug-likeness (QED) is 0.845. The molecule has 0 radical (unpaired) electrons. The van der Waals surface area contributed by atoms with Crippen molar-refractivity contribution < 1.29 is 0 Å². The first-order valence-electron chi connectivity index (χ1n) is 6.16. The molecule has 0 saturated heterocycles. The van der Waals surface area contributed by atoms with Gasteiger partial charge in [-0.3, -0.25) is 4.68 Å². The minimum Gasteiger partial charge on any atom is -0.311 e. The molecule has 0 saturated carbocycles. The molecule has 2 rings (SSSR count). The van der Waals surface area contributed by atoms with Crippen molar-refractivity contribution in [2.45, 2.75) is 17.9 Å². The summed E-state index contributed by atoms with van der Waals surface area (Å²) < 4.78 is 2.97. The van der Waals surface area contributed by atoms with Crippen LogP contribution >= 0.6 is 27.7 Å². The van der Waals surface area contributed by atoms with Crippen LogP contribution in [0.1, 0.15) is 17.3 Å². The summed E-state index contributed by atoms with van der Waals surface area (Å²) in [6.07, 6.45) is 1.84. The molecular formula is C14H18BrN3S. The Morgan fingerprint density at radius 2 is 2.26 bits per heavy atom. The first kappa shape index (κ1) is 14.6. The Morgan fingerprint density at radius 1 is 1.47 bits per heavy atom. The van der Waals surface area contributed by atoms with Crippen molar-refractivity contribution in [3.63, 3.8) is 0 Å². The first-order valence-corrected chi connectivity index (χ1v) is 7.94. The monoisotopic (exact) mass is 339 g/mol. The fraction of sp³-hybridized carbons (Fsp3) is 0.357. The second-order valence-electron chi connectivity index (χ2n) is 4.47. The molecule has 0 aliphatic rings. The number of rotatable bonds is 5. The molecule has 1 N–H and O–H groups in total. The standard InChI is InChI=1S/C14H18BrN3S/c1-10-5-4-6-11(7-10)19-9-13(16-2)14-12(15)8-17-18(14)3/h4-8,13,16H,9H2,1-3H3. The summed E-state index contributed by atoms with van der Waals surface area (Å²) in [4.78, 5) is 1.30. The van der Waals surface area contributed by atoms with Crippen LogP contribution in [0.15, 0.2) is 39.8 Å². The molecule has 1 aromatic carbocycles. The third kappa shape index (κ3) is 3.61. The summed E-state index contributed by atoms with van der Waals surface area (Å²) in [6.45, 7) is 2.12. The molecule has 0 spiro atoms. The molecule has 102 valence electrons. The third-order valence-electron chi connectivity index (χ3n) is 3.02. The molecule has 19 heavy (non-hydrogen) atoms. The van der Waals surface area contributed by atoms with Gasteiger partial charge >= 0.3 is 0 Å². The maximum absolute atomic E-state index is 4.27. The molecule has 1 atom stereocenters. The highest BCUT2D eigenvalue weighted by Crippen LogP contribution is 2.28. The van der Waals surface area contributed by atoms with Gasteiger partial charge in [-0.2, -0.15) is 5.10 Å². The van der Waals surface area contributed by atoms with Crippen molar-refractivity contribution in [1.29, 1.82) is 0 Å². The SMILES string of the molecule is CNC(CSc1cccc(C)c1)c1c(Br)cnn1C. The van der Waals surface area contributed by atoms with E-state index >= 15 is 0 Å². The molecule has 1 unspecified atom stereocenters. The molecule has 5 heteroatoms. The van der Waals surface area contributed by atoms with E-state index in [9.17, 15) is 0 Å². The zero-order valence-electron chi connectivity index (χ0n) is 11.4. The third-order valence-corrected chi connectivity index (χ3v) is 4.72. The van der Waals surface area contributed by atoms with Gasteiger partial charge in [-0.15, -0.1) is 11.8 Å². The van der Waals surface area contributed by atoms with Crippen molar-refractivity contribution in [2.24, 2.45) is 7.05 Å². The molecule has 2 aromatic rings. The topological polar surface area (TPSA) is 29.9 Å². The average Bonchev–Trinajstić information content (AvgIpc) is 2.71. The van der Waals surface area contributed by atoms with Crippen molar-refractivity contribution in [2.75, 3.05) is 12.8 Å². The van der Waals surface area contributed by atoms with E-state index in [2.05, 4.69) is 57.5 Å². The second-order valence-corrected chi connectivity index (χ2v) is 6.42. The molecule has 0 aliphatic carbocycles. The van der Waals surface area contributed by atoms with Crippen LogP contribution in [0.4, 0.5) is 0 Å². The van der Waals surface area contributed by atoms with Gasteiger partial charge in [-0.1, -0.05) is 17.7 Å². The summed E-state index contributed by atoms with van der Waals surface area (Å²) >= 11 is 5.42. The predicted octanol–water partition coefficient (Wildman–Crippen LogP) is 3.54. The molecule has 1 heterocycles. The van der Waals surface area contributed by atoms with E-state index in [-0.39, 0.29) is 6.04 Å². The minimum absolute atomic E-state index is 0.271. The highest BCUT2D eigenvalue weighted by Gasteiger charge is 2.17. The Balaban J connectivity index is 2.08. The number of nitrogens with one attached hydrogen (secondary N) is 1. The van der Waals surface area contributed by atoms with Gasteiger partial charge in [0, 0.05) is 17.7 Å². The van der Waals surface area contributed by atoms with Crippen LogP contribution in [-0.2, 0) is 7.05 Å². The molecule has 0 bridgehead atoms. The van der Waals surface area contributed by atoms with Crippen LogP contribution in [-0.4, -0.2) is 22.6 Å². The van der Waals surface area contributed by atoms with E-state index in [0.717, 1.165) is 10.2 Å². The van der Waals surface area contributed by atoms with Gasteiger partial charge in [0.2, 0.25) is 0 Å². The van der Waals surface area contributed by atoms with E-state index in [1.807, 2.05) is 36.7 Å². The molecule has 3 nitrogen and oxygen atoms in total. The van der Waals surface area contributed by atoms with Gasteiger partial charge in [0.25, 0.3) is 0 Å². The van der Waals surface area contributed by atoms with Gasteiger partial charge in [-0.25, -0.2) is 0 Å². The van der Waals surface area contributed by atoms with E-state index in [0.29, 0.717) is 0 Å². The summed E-state index contributed by atoms with van der Waals surface area (Å²) in [7, 11) is 3.96. The Kier molecular flexibility index (Phi) is 5.07. The van der Waals surface area contributed by atoms with Crippen molar-refractivity contribution in [3.8, 4) is 0 Å². The lowest BCUT2D eigenvalue weighted by atomic mass is 10.2. The second kappa shape index (κ2) is 6.59. The van der Waals surface area contributed by atoms with Gasteiger partial charge in [0.15, 0.2) is 0 Å². The summed E-state index contributed by atoms with van der Waals surface area (Å²) in [6, 6.07) is 8.87. The number of aromatic nitrogens is 2. The van der Waals surface area contributed by atoms with Crippen molar-refractivity contribution in [1.82, 2.24) is 15.1 Å². The molecule has 0 fully saturated rings. The maximum atomic E-state index is 4.27. The summed E-state index contributed by atoms with van der Waals surface area (Å²) in [5.41, 5.74) is 2.48. The fourth-order valence-corrected chi connectivity index (χ4v) is 3.75. The van der Waals surface area contributed by atoms with Crippen LogP contribution in [0.2, 0.25) is 0 Å². The molecule has 0 amide bonds. The Bertz CT molecular complexity index is 534. The van der Waals surface area contributed by atoms with Crippen LogP contribution in [0, 0.1) is 6.92 Å². The van der Waals surface area contributed by atoms with Crippen LogP contribution in [0.25, 0.3) is 0 Å². The van der Waals surface area contributed by atoms with E-state index in [1.54, 1.807) is 0 Å². The summed E-state index contributed by atoms with van der Waals surface area (Å²) in [5.74, 6) is 0.970. The summed E-state index contributed by atoms with van der Waals surface area (Å²) in [5, 5.41) is 7.63. The zero-order chi connectivity index (χ0) is 13.8. The number of hydrogen-bond donors (Lipinski definition) is 1. The molecule has 0 aliphatic heterocycles. The number of nitrogens with zero attached hydrogens (tertiary/aromatic N) is 2. The van der Waals surface area contributed by atoms with E-state index in [4.69, 9.17) is 0 Å². The number of halogens is 1. The fourth-order valence-electron chi connectivity index (χ4n) is 2.00. The van der Waals surface area contributed by atoms with Gasteiger partial charge in [-0.05, 0) is 42.0 Å². The number of thioether (sulfide) groups is 1. The Morgan fingerprint density at radius 3 is 2.84 bits per heavy atom. The molecule has 1 aromatic heterocycles. The largest absolute Gasteiger partial charge is 0.311 e. The number of benzene rings is 1. The predicted molar refractivity (Wildman–Crippen MR) is 84.6 cm³/mol. The van der Waals surface area contributed by atoms with Crippen LogP contribution in [0.5, 0.6) is 0 Å². The maximum Gasteiger partial charge on any atom is 0.0700 e. The highest BCUT2D eigenvalue weighted by atomic mass is 79.9. The normalized spacial score (nSPS) is 12.6. The smallest absolute Gasteiger partial charge is 0.0700 e. The average molecular weight is 340 g/mol.